The van der Waals surface area contributed by atoms with Crippen molar-refractivity contribution < 1.29 is 4.74 Å². The molecular weight excluding hydrogens is 174 g/mol. The van der Waals surface area contributed by atoms with Crippen LogP contribution in [-0.4, -0.2) is 7.11 Å². The quantitative estimate of drug-likeness (QED) is 0.697. The lowest BCUT2D eigenvalue weighted by molar-refractivity contribution is 0.417. The summed E-state index contributed by atoms with van der Waals surface area (Å²) in [6.07, 6.45) is 0. The zero-order valence-corrected chi connectivity index (χ0v) is 8.37. The molecule has 0 spiro atoms. The van der Waals surface area contributed by atoms with Crippen LogP contribution in [0.2, 0.25) is 0 Å². The third-order valence-corrected chi connectivity index (χ3v) is 2.48. The van der Waals surface area contributed by atoms with Crippen molar-refractivity contribution in [2.24, 2.45) is 0 Å². The third kappa shape index (κ3) is 1.20. The van der Waals surface area contributed by atoms with E-state index in [0.717, 1.165) is 11.1 Å². The van der Waals surface area contributed by atoms with Crippen molar-refractivity contribution in [2.75, 3.05) is 12.8 Å². The predicted molar refractivity (Wildman–Crippen MR) is 59.6 cm³/mol. The van der Waals surface area contributed by atoms with Gasteiger partial charge in [0.2, 0.25) is 0 Å². The molecule has 2 N–H and O–H groups in total. The minimum absolute atomic E-state index is 0.716. The van der Waals surface area contributed by atoms with Gasteiger partial charge in [0.15, 0.2) is 0 Å². The molecule has 0 heterocycles. The van der Waals surface area contributed by atoms with Gasteiger partial charge in [-0.15, -0.1) is 0 Å². The van der Waals surface area contributed by atoms with Gasteiger partial charge in [0.1, 0.15) is 5.75 Å². The Bertz CT molecular complexity index is 477. The topological polar surface area (TPSA) is 35.2 Å². The number of ether oxygens (including phenoxy) is 1. The van der Waals surface area contributed by atoms with E-state index >= 15 is 0 Å². The first-order valence-corrected chi connectivity index (χ1v) is 4.56. The van der Waals surface area contributed by atoms with Crippen molar-refractivity contribution in [3.8, 4) is 5.75 Å². The Kier molecular flexibility index (Phi) is 2.04. The maximum atomic E-state index is 5.97. The van der Waals surface area contributed by atoms with E-state index in [-0.39, 0.29) is 0 Å². The monoisotopic (exact) mass is 187 g/mol. The average Bonchev–Trinajstić information content (AvgIpc) is 2.23. The lowest BCUT2D eigenvalue weighted by Gasteiger charge is -2.10. The number of nitrogens with two attached hydrogens (primary N) is 1. The van der Waals surface area contributed by atoms with Gasteiger partial charge < -0.3 is 10.5 Å². The molecular formula is C12H13NO. The predicted octanol–water partition coefficient (Wildman–Crippen LogP) is 2.74. The van der Waals surface area contributed by atoms with Crippen LogP contribution >= 0.6 is 0 Å². The number of hydrogen-bond donors (Lipinski definition) is 1. The summed E-state index contributed by atoms with van der Waals surface area (Å²) in [6.45, 7) is 2.06. The van der Waals surface area contributed by atoms with Gasteiger partial charge >= 0.3 is 0 Å². The molecule has 2 rings (SSSR count). The molecule has 0 saturated heterocycles. The van der Waals surface area contributed by atoms with Crippen LogP contribution in [0.15, 0.2) is 30.3 Å². The molecule has 14 heavy (non-hydrogen) atoms. The number of fused-ring (bicyclic) bond motifs is 1. The molecule has 2 heteroatoms. The fraction of sp³-hybridized carbons (Fsp3) is 0.167. The van der Waals surface area contributed by atoms with E-state index in [9.17, 15) is 0 Å². The zero-order valence-electron chi connectivity index (χ0n) is 8.37. The van der Waals surface area contributed by atoms with Gasteiger partial charge in [-0.1, -0.05) is 24.3 Å². The number of nitrogen functional groups attached to an aromatic ring is 1. The van der Waals surface area contributed by atoms with E-state index in [1.807, 2.05) is 24.3 Å². The fourth-order valence-corrected chi connectivity index (χ4v) is 1.72. The van der Waals surface area contributed by atoms with Crippen LogP contribution in [0, 0.1) is 6.92 Å². The van der Waals surface area contributed by atoms with Gasteiger partial charge in [-0.25, -0.2) is 0 Å². The number of aryl methyl sites for hydroxylation is 1. The van der Waals surface area contributed by atoms with Crippen molar-refractivity contribution in [1.29, 1.82) is 0 Å². The van der Waals surface area contributed by atoms with Crippen molar-refractivity contribution in [3.63, 3.8) is 0 Å². The standard InChI is InChI=1S/C12H13NO/c1-8-7-11(14-2)12(13)10-6-4-3-5-9(8)10/h3-7H,13H2,1-2H3. The Labute approximate surface area is 83.3 Å². The summed E-state index contributed by atoms with van der Waals surface area (Å²) in [5, 5.41) is 2.25. The molecule has 0 aliphatic heterocycles. The number of benzene rings is 2. The SMILES string of the molecule is COc1cc(C)c2ccccc2c1N. The minimum atomic E-state index is 0.716. The second-order valence-corrected chi connectivity index (χ2v) is 3.35. The van der Waals surface area contributed by atoms with Crippen molar-refractivity contribution in [2.45, 2.75) is 6.92 Å². The number of anilines is 1. The van der Waals surface area contributed by atoms with Gasteiger partial charge in [-0.05, 0) is 23.9 Å². The van der Waals surface area contributed by atoms with Crippen LogP contribution in [0.3, 0.4) is 0 Å². The number of rotatable bonds is 1. The second-order valence-electron chi connectivity index (χ2n) is 3.35. The Morgan fingerprint density at radius 2 is 1.79 bits per heavy atom. The summed E-state index contributed by atoms with van der Waals surface area (Å²) in [5.41, 5.74) is 7.88. The maximum absolute atomic E-state index is 5.97. The van der Waals surface area contributed by atoms with E-state index in [4.69, 9.17) is 10.5 Å². The maximum Gasteiger partial charge on any atom is 0.142 e. The highest BCUT2D eigenvalue weighted by molar-refractivity contribution is 5.97. The molecule has 2 nitrogen and oxygen atoms in total. The van der Waals surface area contributed by atoms with Crippen LogP contribution in [-0.2, 0) is 0 Å². The fourth-order valence-electron chi connectivity index (χ4n) is 1.72. The Morgan fingerprint density at radius 3 is 2.43 bits per heavy atom. The molecule has 2 aromatic rings. The molecule has 0 bridgehead atoms. The lowest BCUT2D eigenvalue weighted by Crippen LogP contribution is -1.94. The van der Waals surface area contributed by atoms with Crippen LogP contribution in [0.4, 0.5) is 5.69 Å². The number of hydrogen-bond acceptors (Lipinski definition) is 2. The highest BCUT2D eigenvalue weighted by Crippen LogP contribution is 2.32. The molecule has 0 aliphatic carbocycles. The molecule has 0 fully saturated rings. The largest absolute Gasteiger partial charge is 0.495 e. The van der Waals surface area contributed by atoms with Crippen LogP contribution < -0.4 is 10.5 Å². The zero-order chi connectivity index (χ0) is 10.1. The summed E-state index contributed by atoms with van der Waals surface area (Å²) in [6, 6.07) is 10.1. The van der Waals surface area contributed by atoms with E-state index in [0.29, 0.717) is 5.69 Å². The summed E-state index contributed by atoms with van der Waals surface area (Å²) >= 11 is 0. The first-order chi connectivity index (χ1) is 6.74. The first-order valence-electron chi connectivity index (χ1n) is 4.56. The molecule has 0 radical (unpaired) electrons. The molecule has 0 atom stereocenters. The molecule has 0 unspecified atom stereocenters. The average molecular weight is 187 g/mol. The highest BCUT2D eigenvalue weighted by Gasteiger charge is 2.06. The van der Waals surface area contributed by atoms with Gasteiger partial charge in [0.25, 0.3) is 0 Å². The van der Waals surface area contributed by atoms with Crippen molar-refractivity contribution >= 4 is 16.5 Å². The van der Waals surface area contributed by atoms with Crippen LogP contribution in [0.5, 0.6) is 5.75 Å². The van der Waals surface area contributed by atoms with Crippen LogP contribution in [0.1, 0.15) is 5.56 Å². The van der Waals surface area contributed by atoms with Gasteiger partial charge in [0, 0.05) is 5.39 Å². The Morgan fingerprint density at radius 1 is 1.14 bits per heavy atom. The normalized spacial score (nSPS) is 10.4. The second kappa shape index (κ2) is 3.22. The Balaban J connectivity index is 2.87. The molecule has 72 valence electrons. The molecule has 0 aliphatic rings. The molecule has 0 aromatic heterocycles. The molecule has 0 amide bonds. The van der Waals surface area contributed by atoms with E-state index in [2.05, 4.69) is 13.0 Å². The van der Waals surface area contributed by atoms with E-state index in [1.54, 1.807) is 7.11 Å². The highest BCUT2D eigenvalue weighted by atomic mass is 16.5. The lowest BCUT2D eigenvalue weighted by atomic mass is 10.0. The van der Waals surface area contributed by atoms with Crippen molar-refractivity contribution in [1.82, 2.24) is 0 Å². The van der Waals surface area contributed by atoms with E-state index in [1.165, 1.54) is 10.9 Å². The van der Waals surface area contributed by atoms with Gasteiger partial charge in [-0.2, -0.15) is 0 Å². The Hall–Kier alpha value is -1.70. The third-order valence-electron chi connectivity index (χ3n) is 2.48. The summed E-state index contributed by atoms with van der Waals surface area (Å²) in [4.78, 5) is 0. The smallest absolute Gasteiger partial charge is 0.142 e. The van der Waals surface area contributed by atoms with Gasteiger partial charge in [0.05, 0.1) is 12.8 Å². The summed E-state index contributed by atoms with van der Waals surface area (Å²) in [5.74, 6) is 0.751. The summed E-state index contributed by atoms with van der Waals surface area (Å²) in [7, 11) is 1.64. The van der Waals surface area contributed by atoms with Crippen molar-refractivity contribution in [3.05, 3.63) is 35.9 Å². The summed E-state index contributed by atoms with van der Waals surface area (Å²) < 4.78 is 5.21. The number of methoxy groups -OCH3 is 1. The first kappa shape index (κ1) is 8.88. The minimum Gasteiger partial charge on any atom is -0.495 e. The van der Waals surface area contributed by atoms with Gasteiger partial charge in [-0.3, -0.25) is 0 Å². The molecule has 0 saturated carbocycles. The molecule has 2 aromatic carbocycles. The van der Waals surface area contributed by atoms with Crippen LogP contribution in [0.25, 0.3) is 10.8 Å². The van der Waals surface area contributed by atoms with E-state index < -0.39 is 0 Å².